The van der Waals surface area contributed by atoms with Crippen LogP contribution in [-0.4, -0.2) is 47.6 Å². The molecule has 0 fully saturated rings. The molecule has 2 atom stereocenters. The highest BCUT2D eigenvalue weighted by Crippen LogP contribution is 2.03. The number of carbonyl (C=O) groups is 2. The number of benzene rings is 1. The summed E-state index contributed by atoms with van der Waals surface area (Å²) in [5.41, 5.74) is 0.555. The first-order valence-electron chi connectivity index (χ1n) is 6.68. The Morgan fingerprint density at radius 1 is 1.25 bits per heavy atom. The molecule has 1 aromatic carbocycles. The zero-order valence-corrected chi connectivity index (χ0v) is 12.2. The van der Waals surface area contributed by atoms with Crippen molar-refractivity contribution in [2.45, 2.75) is 32.4 Å². The third-order valence-electron chi connectivity index (χ3n) is 2.85. The van der Waals surface area contributed by atoms with Crippen molar-refractivity contribution in [2.75, 3.05) is 13.6 Å². The van der Waals surface area contributed by atoms with Gasteiger partial charge in [0.2, 0.25) is 5.91 Å². The number of aliphatic hydroxyl groups excluding tert-OH is 1. The second-order valence-electron chi connectivity index (χ2n) is 5.08. The predicted molar refractivity (Wildman–Crippen MR) is 77.3 cm³/mol. The van der Waals surface area contributed by atoms with Crippen LogP contribution in [0.15, 0.2) is 30.3 Å². The van der Waals surface area contributed by atoms with Crippen LogP contribution in [0.3, 0.4) is 0 Å². The lowest BCUT2D eigenvalue weighted by Crippen LogP contribution is -2.42. The number of hydrogen-bond donors (Lipinski definition) is 2. The Bertz CT molecular complexity index is 446. The van der Waals surface area contributed by atoms with E-state index in [1.54, 1.807) is 38.2 Å². The van der Waals surface area contributed by atoms with Crippen molar-refractivity contribution in [1.82, 2.24) is 10.2 Å². The highest BCUT2D eigenvalue weighted by Gasteiger charge is 2.16. The van der Waals surface area contributed by atoms with E-state index in [4.69, 9.17) is 0 Å². The largest absolute Gasteiger partial charge is 0.393 e. The molecule has 0 aromatic heterocycles. The summed E-state index contributed by atoms with van der Waals surface area (Å²) in [5.74, 6) is -0.422. The number of amides is 2. The first-order valence-corrected chi connectivity index (χ1v) is 6.68. The van der Waals surface area contributed by atoms with Crippen molar-refractivity contribution in [3.8, 4) is 0 Å². The molecule has 1 rings (SSSR count). The van der Waals surface area contributed by atoms with E-state index in [-0.39, 0.29) is 24.4 Å². The van der Waals surface area contributed by atoms with E-state index in [1.807, 2.05) is 13.0 Å². The third-order valence-corrected chi connectivity index (χ3v) is 2.85. The van der Waals surface area contributed by atoms with Crippen LogP contribution in [0.5, 0.6) is 0 Å². The third kappa shape index (κ3) is 5.40. The van der Waals surface area contributed by atoms with E-state index in [9.17, 15) is 14.7 Å². The highest BCUT2D eigenvalue weighted by molar-refractivity contribution is 5.96. The molecule has 5 nitrogen and oxygen atoms in total. The van der Waals surface area contributed by atoms with Crippen molar-refractivity contribution >= 4 is 11.8 Å². The van der Waals surface area contributed by atoms with Gasteiger partial charge in [-0.15, -0.1) is 0 Å². The van der Waals surface area contributed by atoms with Gasteiger partial charge in [0.25, 0.3) is 5.91 Å². The molecule has 1 aromatic rings. The van der Waals surface area contributed by atoms with Gasteiger partial charge in [-0.05, 0) is 32.4 Å². The lowest BCUT2D eigenvalue weighted by molar-refractivity contribution is -0.122. The summed E-state index contributed by atoms with van der Waals surface area (Å²) in [6, 6.07) is 8.71. The fraction of sp³-hybridized carbons (Fsp3) is 0.467. The molecule has 2 N–H and O–H groups in total. The number of rotatable bonds is 6. The lowest BCUT2D eigenvalue weighted by atomic mass is 10.1. The van der Waals surface area contributed by atoms with Crippen LogP contribution in [0.1, 0.15) is 30.6 Å². The van der Waals surface area contributed by atoms with Gasteiger partial charge in [-0.3, -0.25) is 9.59 Å². The molecule has 0 aliphatic rings. The lowest BCUT2D eigenvalue weighted by Gasteiger charge is -2.20. The molecule has 2 amide bonds. The van der Waals surface area contributed by atoms with Crippen molar-refractivity contribution in [2.24, 2.45) is 0 Å². The Morgan fingerprint density at radius 2 is 1.85 bits per heavy atom. The second kappa shape index (κ2) is 7.65. The van der Waals surface area contributed by atoms with Gasteiger partial charge in [0.15, 0.2) is 0 Å². The fourth-order valence-corrected chi connectivity index (χ4v) is 1.98. The summed E-state index contributed by atoms with van der Waals surface area (Å²) in [7, 11) is 1.59. The Kier molecular flexibility index (Phi) is 6.18. The first kappa shape index (κ1) is 16.2. The number of likely N-dealkylation sites (N-methyl/N-ethyl adjacent to an activating group) is 1. The number of aliphatic hydroxyl groups is 1. The summed E-state index contributed by atoms with van der Waals surface area (Å²) in [6.07, 6.45) is 0.0243. The van der Waals surface area contributed by atoms with Gasteiger partial charge in [-0.25, -0.2) is 0 Å². The quantitative estimate of drug-likeness (QED) is 0.816. The molecule has 110 valence electrons. The average molecular weight is 278 g/mol. The maximum Gasteiger partial charge on any atom is 0.254 e. The van der Waals surface area contributed by atoms with Crippen LogP contribution in [0.2, 0.25) is 0 Å². The number of nitrogens with zero attached hydrogens (tertiary/aromatic N) is 1. The molecule has 2 unspecified atom stereocenters. The molecule has 0 radical (unpaired) electrons. The molecule has 0 saturated carbocycles. The van der Waals surface area contributed by atoms with Crippen molar-refractivity contribution < 1.29 is 14.7 Å². The van der Waals surface area contributed by atoms with Crippen LogP contribution in [0, 0.1) is 0 Å². The second-order valence-corrected chi connectivity index (χ2v) is 5.08. The predicted octanol–water partition coefficient (Wildman–Crippen LogP) is 1.03. The summed E-state index contributed by atoms with van der Waals surface area (Å²) in [6.45, 7) is 3.50. The van der Waals surface area contributed by atoms with Gasteiger partial charge < -0.3 is 15.3 Å². The van der Waals surface area contributed by atoms with E-state index in [0.717, 1.165) is 0 Å². The molecule has 0 aliphatic carbocycles. The Balaban J connectivity index is 2.47. The number of hydrogen-bond acceptors (Lipinski definition) is 3. The maximum absolute atomic E-state index is 12.0. The van der Waals surface area contributed by atoms with E-state index in [0.29, 0.717) is 12.0 Å². The molecular weight excluding hydrogens is 256 g/mol. The topological polar surface area (TPSA) is 69.6 Å². The van der Waals surface area contributed by atoms with E-state index in [2.05, 4.69) is 5.32 Å². The molecule has 0 aliphatic heterocycles. The zero-order valence-electron chi connectivity index (χ0n) is 12.2. The monoisotopic (exact) mass is 278 g/mol. The smallest absolute Gasteiger partial charge is 0.254 e. The summed E-state index contributed by atoms with van der Waals surface area (Å²) < 4.78 is 0. The normalized spacial score (nSPS) is 13.4. The zero-order chi connectivity index (χ0) is 15.1. The van der Waals surface area contributed by atoms with E-state index < -0.39 is 6.10 Å². The Morgan fingerprint density at radius 3 is 2.40 bits per heavy atom. The molecule has 0 spiro atoms. The minimum Gasteiger partial charge on any atom is -0.393 e. The van der Waals surface area contributed by atoms with Gasteiger partial charge in [0.05, 0.1) is 12.6 Å². The minimum atomic E-state index is -0.464. The maximum atomic E-state index is 12.0. The van der Waals surface area contributed by atoms with Crippen molar-refractivity contribution in [3.05, 3.63) is 35.9 Å². The van der Waals surface area contributed by atoms with Crippen LogP contribution < -0.4 is 5.32 Å². The van der Waals surface area contributed by atoms with Gasteiger partial charge in [0, 0.05) is 18.7 Å². The van der Waals surface area contributed by atoms with Crippen LogP contribution in [-0.2, 0) is 4.79 Å². The molecular formula is C15H22N2O3. The standard InChI is InChI=1S/C15H22N2O3/c1-11(9-12(2)18)16-14(19)10-17(3)15(20)13-7-5-4-6-8-13/h4-8,11-12,18H,9-10H2,1-3H3,(H,16,19). The summed E-state index contributed by atoms with van der Waals surface area (Å²) >= 11 is 0. The van der Waals surface area contributed by atoms with Crippen LogP contribution in [0.25, 0.3) is 0 Å². The van der Waals surface area contributed by atoms with Crippen LogP contribution >= 0.6 is 0 Å². The molecule has 0 bridgehead atoms. The van der Waals surface area contributed by atoms with E-state index in [1.165, 1.54) is 4.90 Å². The molecule has 0 saturated heterocycles. The summed E-state index contributed by atoms with van der Waals surface area (Å²) in [4.78, 5) is 25.2. The summed E-state index contributed by atoms with van der Waals surface area (Å²) in [5, 5.41) is 12.0. The van der Waals surface area contributed by atoms with Gasteiger partial charge >= 0.3 is 0 Å². The SMILES string of the molecule is CC(O)CC(C)NC(=O)CN(C)C(=O)c1ccccc1. The number of nitrogens with one attached hydrogen (secondary N) is 1. The van der Waals surface area contributed by atoms with Crippen LogP contribution in [0.4, 0.5) is 0 Å². The van der Waals surface area contributed by atoms with Gasteiger partial charge in [-0.2, -0.15) is 0 Å². The van der Waals surface area contributed by atoms with Gasteiger partial charge in [-0.1, -0.05) is 18.2 Å². The highest BCUT2D eigenvalue weighted by atomic mass is 16.3. The van der Waals surface area contributed by atoms with Gasteiger partial charge in [0.1, 0.15) is 0 Å². The van der Waals surface area contributed by atoms with Crippen molar-refractivity contribution in [3.63, 3.8) is 0 Å². The molecule has 0 heterocycles. The first-order chi connectivity index (χ1) is 9.40. The Labute approximate surface area is 119 Å². The number of carbonyl (C=O) groups excluding carboxylic acids is 2. The molecule has 20 heavy (non-hydrogen) atoms. The Hall–Kier alpha value is -1.88. The average Bonchev–Trinajstić information content (AvgIpc) is 2.37. The fourth-order valence-electron chi connectivity index (χ4n) is 1.98. The minimum absolute atomic E-state index is 0.00211. The van der Waals surface area contributed by atoms with E-state index >= 15 is 0 Å². The van der Waals surface area contributed by atoms with Crippen molar-refractivity contribution in [1.29, 1.82) is 0 Å². The molecule has 5 heteroatoms.